The van der Waals surface area contributed by atoms with E-state index in [2.05, 4.69) is 33.1 Å². The largest absolute Gasteiger partial charge is 0.0991 e. The first-order chi connectivity index (χ1) is 5.79. The fraction of sp³-hybridized carbons (Fsp3) is 0.333. The van der Waals surface area contributed by atoms with Crippen LogP contribution in [0.4, 0.5) is 0 Å². The van der Waals surface area contributed by atoms with Crippen molar-refractivity contribution < 1.29 is 0 Å². The van der Waals surface area contributed by atoms with Gasteiger partial charge in [0.25, 0.3) is 0 Å². The van der Waals surface area contributed by atoms with E-state index in [0.29, 0.717) is 0 Å². The maximum Gasteiger partial charge on any atom is -0.0305 e. The third-order valence-electron chi connectivity index (χ3n) is 1.85. The molecule has 0 nitrogen and oxygen atoms in total. The van der Waals surface area contributed by atoms with Crippen LogP contribution >= 0.6 is 0 Å². The van der Waals surface area contributed by atoms with Crippen LogP contribution in [0.3, 0.4) is 0 Å². The van der Waals surface area contributed by atoms with Gasteiger partial charge in [-0.05, 0) is 24.0 Å². The molecule has 12 heavy (non-hydrogen) atoms. The van der Waals surface area contributed by atoms with Gasteiger partial charge in [0.05, 0.1) is 0 Å². The van der Waals surface area contributed by atoms with Crippen LogP contribution in [-0.2, 0) is 0 Å². The normalized spacial score (nSPS) is 12.8. The highest BCUT2D eigenvalue weighted by Gasteiger charge is 1.94. The topological polar surface area (TPSA) is 0 Å². The monoisotopic (exact) mass is 162 g/mol. The lowest BCUT2D eigenvalue weighted by Crippen LogP contribution is -1.83. The molecule has 0 N–H and O–H groups in total. The smallest absolute Gasteiger partial charge is 0.0305 e. The molecule has 0 aliphatic carbocycles. The Morgan fingerprint density at radius 3 is 2.00 bits per heavy atom. The van der Waals surface area contributed by atoms with Gasteiger partial charge >= 0.3 is 0 Å². The maximum absolute atomic E-state index is 3.79. The van der Waals surface area contributed by atoms with Gasteiger partial charge in [0.15, 0.2) is 0 Å². The van der Waals surface area contributed by atoms with Crippen molar-refractivity contribution in [3.05, 3.63) is 48.6 Å². The molecule has 66 valence electrons. The van der Waals surface area contributed by atoms with Crippen LogP contribution in [0, 0.1) is 0 Å². The Kier molecular flexibility index (Phi) is 6.08. The molecule has 0 aliphatic heterocycles. The third-order valence-corrected chi connectivity index (χ3v) is 1.85. The van der Waals surface area contributed by atoms with Gasteiger partial charge in [-0.15, -0.1) is 0 Å². The number of hydrogen-bond donors (Lipinski definition) is 0. The zero-order valence-electron chi connectivity index (χ0n) is 8.14. The van der Waals surface area contributed by atoms with Crippen LogP contribution in [-0.4, -0.2) is 0 Å². The van der Waals surface area contributed by atoms with E-state index >= 15 is 0 Å². The molecule has 0 saturated carbocycles. The van der Waals surface area contributed by atoms with Crippen LogP contribution in [0.1, 0.15) is 26.7 Å². The molecule has 0 amide bonds. The number of hydrogen-bond acceptors (Lipinski definition) is 0. The Morgan fingerprint density at radius 2 is 1.67 bits per heavy atom. The van der Waals surface area contributed by atoms with E-state index in [9.17, 15) is 0 Å². The second kappa shape index (κ2) is 6.66. The maximum atomic E-state index is 3.79. The summed E-state index contributed by atoms with van der Waals surface area (Å²) in [4.78, 5) is 0. The van der Waals surface area contributed by atoms with Crippen molar-refractivity contribution in [3.8, 4) is 0 Å². The lowest BCUT2D eigenvalue weighted by Gasteiger charge is -2.03. The highest BCUT2D eigenvalue weighted by molar-refractivity contribution is 5.32. The summed E-state index contributed by atoms with van der Waals surface area (Å²) in [5.41, 5.74) is 2.68. The van der Waals surface area contributed by atoms with Crippen LogP contribution < -0.4 is 0 Å². The lowest BCUT2D eigenvalue weighted by atomic mass is 10.0. The molecular formula is C12H18. The van der Waals surface area contributed by atoms with Crippen molar-refractivity contribution in [2.24, 2.45) is 0 Å². The van der Waals surface area contributed by atoms with Gasteiger partial charge in [-0.3, -0.25) is 0 Å². The summed E-state index contributed by atoms with van der Waals surface area (Å²) in [5.74, 6) is 0. The summed E-state index contributed by atoms with van der Waals surface area (Å²) >= 11 is 0. The van der Waals surface area contributed by atoms with Crippen LogP contribution in [0.25, 0.3) is 0 Å². The molecule has 0 aromatic rings. The van der Waals surface area contributed by atoms with Crippen molar-refractivity contribution in [1.82, 2.24) is 0 Å². The molecule has 0 radical (unpaired) electrons. The minimum atomic E-state index is 1.05. The Morgan fingerprint density at radius 1 is 1.08 bits per heavy atom. The molecule has 0 saturated heterocycles. The fourth-order valence-corrected chi connectivity index (χ4v) is 1.14. The summed E-state index contributed by atoms with van der Waals surface area (Å²) in [6, 6.07) is 0. The van der Waals surface area contributed by atoms with Crippen LogP contribution in [0.2, 0.25) is 0 Å². The first kappa shape index (κ1) is 11.0. The van der Waals surface area contributed by atoms with E-state index in [4.69, 9.17) is 0 Å². The molecule has 0 bridgehead atoms. The molecule has 0 heterocycles. The van der Waals surface area contributed by atoms with E-state index in [0.717, 1.165) is 12.8 Å². The SMILES string of the molecule is C=C/C=C\C(CC)=C(/C=C)CC. The van der Waals surface area contributed by atoms with E-state index in [1.54, 1.807) is 6.08 Å². The first-order valence-corrected chi connectivity index (χ1v) is 4.43. The Hall–Kier alpha value is -1.04. The molecule has 0 rings (SSSR count). The predicted molar refractivity (Wildman–Crippen MR) is 57.1 cm³/mol. The molecule has 0 aromatic heterocycles. The second-order valence-electron chi connectivity index (χ2n) is 2.56. The quantitative estimate of drug-likeness (QED) is 0.535. The molecule has 0 atom stereocenters. The Bertz CT molecular complexity index is 204. The summed E-state index contributed by atoms with van der Waals surface area (Å²) in [6.45, 7) is 11.7. The van der Waals surface area contributed by atoms with Gasteiger partial charge in [0, 0.05) is 0 Å². The average Bonchev–Trinajstić information content (AvgIpc) is 2.12. The van der Waals surface area contributed by atoms with E-state index in [1.165, 1.54) is 11.1 Å². The zero-order chi connectivity index (χ0) is 9.40. The minimum absolute atomic E-state index is 1.05. The van der Waals surface area contributed by atoms with E-state index in [1.807, 2.05) is 12.2 Å². The lowest BCUT2D eigenvalue weighted by molar-refractivity contribution is 1.05. The van der Waals surface area contributed by atoms with Crippen molar-refractivity contribution in [1.29, 1.82) is 0 Å². The number of allylic oxidation sites excluding steroid dienone is 6. The molecule has 0 fully saturated rings. The fourth-order valence-electron chi connectivity index (χ4n) is 1.14. The van der Waals surface area contributed by atoms with Crippen molar-refractivity contribution >= 4 is 0 Å². The van der Waals surface area contributed by atoms with Crippen LogP contribution in [0.15, 0.2) is 48.6 Å². The van der Waals surface area contributed by atoms with Crippen molar-refractivity contribution in [3.63, 3.8) is 0 Å². The van der Waals surface area contributed by atoms with Gasteiger partial charge in [-0.25, -0.2) is 0 Å². The zero-order valence-corrected chi connectivity index (χ0v) is 8.14. The van der Waals surface area contributed by atoms with Gasteiger partial charge < -0.3 is 0 Å². The Labute approximate surface area is 76.0 Å². The molecular weight excluding hydrogens is 144 g/mol. The van der Waals surface area contributed by atoms with Crippen molar-refractivity contribution in [2.75, 3.05) is 0 Å². The second-order valence-corrected chi connectivity index (χ2v) is 2.56. The molecule has 0 aromatic carbocycles. The highest BCUT2D eigenvalue weighted by Crippen LogP contribution is 2.14. The van der Waals surface area contributed by atoms with Gasteiger partial charge in [0.2, 0.25) is 0 Å². The summed E-state index contributed by atoms with van der Waals surface area (Å²) in [5, 5.41) is 0. The first-order valence-electron chi connectivity index (χ1n) is 4.43. The molecule has 0 aliphatic rings. The number of rotatable bonds is 5. The summed E-state index contributed by atoms with van der Waals surface area (Å²) < 4.78 is 0. The van der Waals surface area contributed by atoms with Gasteiger partial charge in [-0.1, -0.05) is 51.3 Å². The predicted octanol–water partition coefficient (Wildman–Crippen LogP) is 4.03. The summed E-state index contributed by atoms with van der Waals surface area (Å²) in [7, 11) is 0. The van der Waals surface area contributed by atoms with Crippen LogP contribution in [0.5, 0.6) is 0 Å². The van der Waals surface area contributed by atoms with Gasteiger partial charge in [-0.2, -0.15) is 0 Å². The van der Waals surface area contributed by atoms with Gasteiger partial charge in [0.1, 0.15) is 0 Å². The minimum Gasteiger partial charge on any atom is -0.0991 e. The van der Waals surface area contributed by atoms with E-state index in [-0.39, 0.29) is 0 Å². The standard InChI is InChI=1S/C12H18/c1-5-9-10-12(8-4)11(6-2)7-3/h5-6,9-10H,1-2,7-8H2,3-4H3/b10-9-,12-11+. The van der Waals surface area contributed by atoms with Crippen molar-refractivity contribution in [2.45, 2.75) is 26.7 Å². The molecule has 0 spiro atoms. The molecule has 0 heteroatoms. The Balaban J connectivity index is 4.67. The average molecular weight is 162 g/mol. The summed E-state index contributed by atoms with van der Waals surface area (Å²) in [6.07, 6.45) is 9.91. The third kappa shape index (κ3) is 3.38. The highest BCUT2D eigenvalue weighted by atomic mass is 14.0. The van der Waals surface area contributed by atoms with E-state index < -0.39 is 0 Å². The molecule has 0 unspecified atom stereocenters.